The molecule has 0 unspecified atom stereocenters. The molecule has 0 aliphatic carbocycles. The van der Waals surface area contributed by atoms with E-state index < -0.39 is 0 Å². The number of fused-ring (bicyclic) bond motifs is 1. The summed E-state index contributed by atoms with van der Waals surface area (Å²) in [5.41, 5.74) is 5.04. The predicted molar refractivity (Wildman–Crippen MR) is 108 cm³/mol. The van der Waals surface area contributed by atoms with Gasteiger partial charge < -0.3 is 10.2 Å². The summed E-state index contributed by atoms with van der Waals surface area (Å²) in [4.78, 5) is 16.5. The van der Waals surface area contributed by atoms with Crippen molar-refractivity contribution in [2.75, 3.05) is 38.6 Å². The number of nitrogens with one attached hydrogen (secondary N) is 1. The van der Waals surface area contributed by atoms with E-state index in [4.69, 9.17) is 0 Å². The lowest BCUT2D eigenvalue weighted by Gasteiger charge is -2.28. The average Bonchev–Trinajstić information content (AvgIpc) is 2.66. The highest BCUT2D eigenvalue weighted by atomic mass is 16.1. The molecule has 136 valence electrons. The summed E-state index contributed by atoms with van der Waals surface area (Å²) in [7, 11) is 4.03. The normalized spacial score (nSPS) is 14.2. The van der Waals surface area contributed by atoms with Crippen LogP contribution >= 0.6 is 0 Å². The SMILES string of the molecule is CN(C)c1ccc(/C=C\C(=O)NCCN2CCc3ccccc3C2)cc1. The van der Waals surface area contributed by atoms with Crippen LogP contribution in [0.4, 0.5) is 5.69 Å². The number of rotatable bonds is 6. The van der Waals surface area contributed by atoms with E-state index in [9.17, 15) is 4.79 Å². The van der Waals surface area contributed by atoms with Crippen LogP contribution in [0.15, 0.2) is 54.6 Å². The van der Waals surface area contributed by atoms with Crippen LogP contribution in [0.3, 0.4) is 0 Å². The van der Waals surface area contributed by atoms with Gasteiger partial charge in [-0.3, -0.25) is 9.69 Å². The summed E-state index contributed by atoms with van der Waals surface area (Å²) < 4.78 is 0. The molecular formula is C22H27N3O. The second kappa shape index (κ2) is 8.68. The Kier molecular flexibility index (Phi) is 6.08. The number of hydrogen-bond acceptors (Lipinski definition) is 3. The van der Waals surface area contributed by atoms with E-state index in [0.29, 0.717) is 6.54 Å². The standard InChI is InChI=1S/C22H27N3O/c1-24(2)21-10-7-18(8-11-21)9-12-22(26)23-14-16-25-15-13-19-5-3-4-6-20(19)17-25/h3-12H,13-17H2,1-2H3,(H,23,26)/b12-9-. The molecule has 26 heavy (non-hydrogen) atoms. The molecule has 0 saturated carbocycles. The molecule has 0 fully saturated rings. The lowest BCUT2D eigenvalue weighted by Crippen LogP contribution is -2.37. The van der Waals surface area contributed by atoms with Gasteiger partial charge in [-0.1, -0.05) is 36.4 Å². The van der Waals surface area contributed by atoms with Crippen LogP contribution in [0.5, 0.6) is 0 Å². The number of carbonyl (C=O) groups is 1. The summed E-state index contributed by atoms with van der Waals surface area (Å²) in [6.07, 6.45) is 4.55. The van der Waals surface area contributed by atoms with Crippen LogP contribution in [0, 0.1) is 0 Å². The van der Waals surface area contributed by atoms with Crippen LogP contribution in [0.25, 0.3) is 6.08 Å². The Morgan fingerprint density at radius 3 is 2.58 bits per heavy atom. The number of nitrogens with zero attached hydrogens (tertiary/aromatic N) is 2. The maximum Gasteiger partial charge on any atom is 0.244 e. The maximum atomic E-state index is 12.0. The zero-order valence-electron chi connectivity index (χ0n) is 15.6. The van der Waals surface area contributed by atoms with Gasteiger partial charge in [0.05, 0.1) is 0 Å². The van der Waals surface area contributed by atoms with Gasteiger partial charge in [-0.15, -0.1) is 0 Å². The van der Waals surface area contributed by atoms with E-state index in [1.54, 1.807) is 6.08 Å². The molecule has 1 aliphatic heterocycles. The summed E-state index contributed by atoms with van der Waals surface area (Å²) >= 11 is 0. The highest BCUT2D eigenvalue weighted by Crippen LogP contribution is 2.17. The number of anilines is 1. The van der Waals surface area contributed by atoms with Gasteiger partial charge in [0.15, 0.2) is 0 Å². The molecule has 1 N–H and O–H groups in total. The molecule has 3 rings (SSSR count). The molecule has 0 atom stereocenters. The molecule has 2 aromatic rings. The minimum Gasteiger partial charge on any atom is -0.378 e. The third kappa shape index (κ3) is 4.96. The molecule has 4 heteroatoms. The van der Waals surface area contributed by atoms with Crippen molar-refractivity contribution >= 4 is 17.7 Å². The summed E-state index contributed by atoms with van der Waals surface area (Å²) in [5.74, 6) is -0.0425. The van der Waals surface area contributed by atoms with Gasteiger partial charge in [-0.05, 0) is 41.3 Å². The van der Waals surface area contributed by atoms with Crippen molar-refractivity contribution in [1.29, 1.82) is 0 Å². The van der Waals surface area contributed by atoms with Gasteiger partial charge >= 0.3 is 0 Å². The molecule has 0 radical (unpaired) electrons. The van der Waals surface area contributed by atoms with Gasteiger partial charge in [0.2, 0.25) is 5.91 Å². The van der Waals surface area contributed by atoms with E-state index >= 15 is 0 Å². The first-order valence-corrected chi connectivity index (χ1v) is 9.14. The molecule has 1 amide bonds. The summed E-state index contributed by atoms with van der Waals surface area (Å²) in [6, 6.07) is 16.7. The van der Waals surface area contributed by atoms with E-state index in [-0.39, 0.29) is 5.91 Å². The van der Waals surface area contributed by atoms with Gasteiger partial charge in [0.25, 0.3) is 0 Å². The smallest absolute Gasteiger partial charge is 0.244 e. The van der Waals surface area contributed by atoms with Crippen molar-refractivity contribution in [3.05, 3.63) is 71.3 Å². The fourth-order valence-corrected chi connectivity index (χ4v) is 3.20. The Morgan fingerprint density at radius 1 is 1.12 bits per heavy atom. The van der Waals surface area contributed by atoms with Crippen molar-refractivity contribution in [3.8, 4) is 0 Å². The number of benzene rings is 2. The zero-order valence-corrected chi connectivity index (χ0v) is 15.6. The van der Waals surface area contributed by atoms with Crippen LogP contribution in [0.2, 0.25) is 0 Å². The van der Waals surface area contributed by atoms with Gasteiger partial charge in [0.1, 0.15) is 0 Å². The molecule has 1 heterocycles. The van der Waals surface area contributed by atoms with Crippen LogP contribution in [-0.2, 0) is 17.8 Å². The Hall–Kier alpha value is -2.59. The second-order valence-electron chi connectivity index (χ2n) is 6.91. The molecule has 0 aromatic heterocycles. The maximum absolute atomic E-state index is 12.0. The van der Waals surface area contributed by atoms with E-state index in [1.165, 1.54) is 11.1 Å². The number of carbonyl (C=O) groups excluding carboxylic acids is 1. The fraction of sp³-hybridized carbons (Fsp3) is 0.318. The molecule has 2 aromatic carbocycles. The molecular weight excluding hydrogens is 322 g/mol. The van der Waals surface area contributed by atoms with Crippen molar-refractivity contribution in [2.45, 2.75) is 13.0 Å². The van der Waals surface area contributed by atoms with Crippen LogP contribution in [-0.4, -0.2) is 44.5 Å². The van der Waals surface area contributed by atoms with Crippen molar-refractivity contribution in [3.63, 3.8) is 0 Å². The molecule has 0 bridgehead atoms. The molecule has 1 aliphatic rings. The first-order chi connectivity index (χ1) is 12.6. The average molecular weight is 349 g/mol. The minimum absolute atomic E-state index is 0.0425. The lowest BCUT2D eigenvalue weighted by molar-refractivity contribution is -0.116. The first kappa shape index (κ1) is 18.2. The molecule has 0 spiro atoms. The van der Waals surface area contributed by atoms with E-state index in [1.807, 2.05) is 44.4 Å². The molecule has 4 nitrogen and oxygen atoms in total. The third-order valence-corrected chi connectivity index (χ3v) is 4.77. The summed E-state index contributed by atoms with van der Waals surface area (Å²) in [6.45, 7) is 3.58. The van der Waals surface area contributed by atoms with Crippen molar-refractivity contribution < 1.29 is 4.79 Å². The minimum atomic E-state index is -0.0425. The van der Waals surface area contributed by atoms with Crippen LogP contribution in [0.1, 0.15) is 16.7 Å². The topological polar surface area (TPSA) is 35.6 Å². The van der Waals surface area contributed by atoms with E-state index in [0.717, 1.165) is 37.3 Å². The second-order valence-corrected chi connectivity index (χ2v) is 6.91. The highest BCUT2D eigenvalue weighted by Gasteiger charge is 2.14. The Bertz CT molecular complexity index is 765. The van der Waals surface area contributed by atoms with Crippen molar-refractivity contribution in [1.82, 2.24) is 10.2 Å². The fourth-order valence-electron chi connectivity index (χ4n) is 3.20. The summed E-state index contributed by atoms with van der Waals surface area (Å²) in [5, 5.41) is 2.98. The lowest BCUT2D eigenvalue weighted by atomic mass is 10.00. The van der Waals surface area contributed by atoms with Crippen LogP contribution < -0.4 is 10.2 Å². The Morgan fingerprint density at radius 2 is 1.85 bits per heavy atom. The predicted octanol–water partition coefficient (Wildman–Crippen LogP) is 2.94. The van der Waals surface area contributed by atoms with Crippen molar-refractivity contribution in [2.24, 2.45) is 0 Å². The quantitative estimate of drug-likeness (QED) is 0.815. The van der Waals surface area contributed by atoms with Gasteiger partial charge in [0, 0.05) is 52.0 Å². The Balaban J connectivity index is 1.42. The first-order valence-electron chi connectivity index (χ1n) is 9.14. The highest BCUT2D eigenvalue weighted by molar-refractivity contribution is 5.91. The zero-order chi connectivity index (χ0) is 18.4. The van der Waals surface area contributed by atoms with E-state index in [2.05, 4.69) is 39.4 Å². The Labute approximate surface area is 156 Å². The van der Waals surface area contributed by atoms with Gasteiger partial charge in [-0.25, -0.2) is 0 Å². The third-order valence-electron chi connectivity index (χ3n) is 4.77. The molecule has 0 saturated heterocycles. The largest absolute Gasteiger partial charge is 0.378 e. The van der Waals surface area contributed by atoms with Gasteiger partial charge in [-0.2, -0.15) is 0 Å². The number of amides is 1. The number of hydrogen-bond donors (Lipinski definition) is 1. The monoisotopic (exact) mass is 349 g/mol.